The Morgan fingerprint density at radius 1 is 1.13 bits per heavy atom. The number of nitrogens with zero attached hydrogens (tertiary/aromatic N) is 2. The van der Waals surface area contributed by atoms with E-state index in [-0.39, 0.29) is 5.91 Å². The number of rotatable bonds is 5. The molecule has 4 rings (SSSR count). The van der Waals surface area contributed by atoms with Gasteiger partial charge in [0.15, 0.2) is 0 Å². The van der Waals surface area contributed by atoms with Gasteiger partial charge >= 0.3 is 0 Å². The van der Waals surface area contributed by atoms with Crippen molar-refractivity contribution < 1.29 is 9.90 Å². The van der Waals surface area contributed by atoms with Crippen LogP contribution in [0.25, 0.3) is 0 Å². The molecule has 0 saturated carbocycles. The first-order valence-corrected chi connectivity index (χ1v) is 10.8. The number of benzene rings is 2. The van der Waals surface area contributed by atoms with Crippen LogP contribution in [0.5, 0.6) is 0 Å². The number of likely N-dealkylation sites (tertiary alicyclic amines) is 1. The van der Waals surface area contributed by atoms with Gasteiger partial charge in [-0.25, -0.2) is 0 Å². The summed E-state index contributed by atoms with van der Waals surface area (Å²) in [5, 5.41) is 24.0. The first kappa shape index (κ1) is 20.6. The van der Waals surface area contributed by atoms with Crippen molar-refractivity contribution in [2.24, 2.45) is 5.41 Å². The lowest BCUT2D eigenvalue weighted by Gasteiger charge is -2.47. The SMILES string of the molecule is N#CC(CCN1CC[C@@H](O)[C@@]2(CCCNC2=O)C1)(c1ccccc1)c1ccccc1. The van der Waals surface area contributed by atoms with Crippen LogP contribution in [-0.2, 0) is 10.2 Å². The van der Waals surface area contributed by atoms with Gasteiger partial charge in [0.05, 0.1) is 17.6 Å². The van der Waals surface area contributed by atoms with Crippen molar-refractivity contribution in [1.29, 1.82) is 5.26 Å². The topological polar surface area (TPSA) is 76.4 Å². The number of nitriles is 1. The van der Waals surface area contributed by atoms with Crippen molar-refractivity contribution in [3.05, 3.63) is 71.8 Å². The molecule has 1 spiro atoms. The number of aliphatic hydroxyl groups is 1. The predicted octanol–water partition coefficient (Wildman–Crippen LogP) is 2.85. The fourth-order valence-corrected chi connectivity index (χ4v) is 5.13. The quantitative estimate of drug-likeness (QED) is 0.805. The van der Waals surface area contributed by atoms with E-state index in [9.17, 15) is 15.2 Å². The molecule has 2 N–H and O–H groups in total. The van der Waals surface area contributed by atoms with Crippen LogP contribution >= 0.6 is 0 Å². The van der Waals surface area contributed by atoms with Gasteiger partial charge in [0.2, 0.25) is 5.91 Å². The zero-order valence-corrected chi connectivity index (χ0v) is 17.3. The minimum atomic E-state index is -0.749. The van der Waals surface area contributed by atoms with Crippen LogP contribution in [0.3, 0.4) is 0 Å². The Morgan fingerprint density at radius 2 is 1.77 bits per heavy atom. The molecule has 0 bridgehead atoms. The minimum absolute atomic E-state index is 0.0244. The summed E-state index contributed by atoms with van der Waals surface area (Å²) < 4.78 is 0. The van der Waals surface area contributed by atoms with E-state index in [0.29, 0.717) is 32.5 Å². The highest BCUT2D eigenvalue weighted by molar-refractivity contribution is 5.84. The van der Waals surface area contributed by atoms with Gasteiger partial charge in [-0.05, 0) is 36.8 Å². The summed E-state index contributed by atoms with van der Waals surface area (Å²) in [6.45, 7) is 2.67. The maximum atomic E-state index is 12.7. The van der Waals surface area contributed by atoms with E-state index in [0.717, 1.165) is 30.5 Å². The molecular formula is C25H29N3O2. The smallest absolute Gasteiger partial charge is 0.230 e. The molecule has 2 aromatic rings. The van der Waals surface area contributed by atoms with Crippen molar-refractivity contribution in [1.82, 2.24) is 10.2 Å². The Kier molecular flexibility index (Phi) is 5.90. The van der Waals surface area contributed by atoms with E-state index >= 15 is 0 Å². The molecule has 0 radical (unpaired) electrons. The van der Waals surface area contributed by atoms with E-state index in [1.165, 1.54) is 0 Å². The molecule has 2 heterocycles. The second kappa shape index (κ2) is 8.59. The Hall–Kier alpha value is -2.68. The molecule has 2 aromatic carbocycles. The predicted molar refractivity (Wildman–Crippen MR) is 116 cm³/mol. The number of hydrogen-bond acceptors (Lipinski definition) is 4. The fourth-order valence-electron chi connectivity index (χ4n) is 5.13. The fraction of sp³-hybridized carbons (Fsp3) is 0.440. The molecular weight excluding hydrogens is 374 g/mol. The standard InChI is InChI=1S/C25H29N3O2/c26-18-24(20-8-3-1-4-9-20,21-10-5-2-6-11-21)14-17-28-16-12-22(29)25(19-28)13-7-15-27-23(25)30/h1-6,8-11,22,29H,7,12-17,19H2,(H,27,30)/t22-,25-/m1/s1. The number of carbonyl (C=O) groups excluding carboxylic acids is 1. The normalized spacial score (nSPS) is 24.9. The lowest BCUT2D eigenvalue weighted by atomic mass is 9.70. The summed E-state index contributed by atoms with van der Waals surface area (Å²) in [4.78, 5) is 14.9. The summed E-state index contributed by atoms with van der Waals surface area (Å²) >= 11 is 0. The first-order valence-electron chi connectivity index (χ1n) is 10.8. The third kappa shape index (κ3) is 3.62. The van der Waals surface area contributed by atoms with E-state index in [1.807, 2.05) is 60.7 Å². The monoisotopic (exact) mass is 403 g/mol. The molecule has 2 aliphatic heterocycles. The highest BCUT2D eigenvalue weighted by atomic mass is 16.3. The van der Waals surface area contributed by atoms with Crippen LogP contribution in [0.1, 0.15) is 36.8 Å². The van der Waals surface area contributed by atoms with Crippen LogP contribution in [-0.4, -0.2) is 48.2 Å². The van der Waals surface area contributed by atoms with Gasteiger partial charge in [-0.3, -0.25) is 4.79 Å². The Labute approximate surface area is 178 Å². The van der Waals surface area contributed by atoms with Crippen LogP contribution in [0.15, 0.2) is 60.7 Å². The summed E-state index contributed by atoms with van der Waals surface area (Å²) in [6.07, 6.45) is 2.23. The molecule has 0 aliphatic carbocycles. The third-order valence-corrected chi connectivity index (χ3v) is 6.93. The van der Waals surface area contributed by atoms with Crippen LogP contribution in [0.4, 0.5) is 0 Å². The van der Waals surface area contributed by atoms with E-state index in [2.05, 4.69) is 16.3 Å². The van der Waals surface area contributed by atoms with Gasteiger partial charge in [-0.2, -0.15) is 5.26 Å². The van der Waals surface area contributed by atoms with Crippen molar-refractivity contribution in [2.75, 3.05) is 26.2 Å². The lowest BCUT2D eigenvalue weighted by molar-refractivity contribution is -0.149. The second-order valence-corrected chi connectivity index (χ2v) is 8.60. The maximum absolute atomic E-state index is 12.7. The minimum Gasteiger partial charge on any atom is -0.392 e. The number of amides is 1. The van der Waals surface area contributed by atoms with Gasteiger partial charge in [0.25, 0.3) is 0 Å². The lowest BCUT2D eigenvalue weighted by Crippen LogP contribution is -2.61. The number of hydrogen-bond donors (Lipinski definition) is 2. The third-order valence-electron chi connectivity index (χ3n) is 6.93. The van der Waals surface area contributed by atoms with E-state index in [4.69, 9.17) is 0 Å². The zero-order valence-electron chi connectivity index (χ0n) is 17.3. The average molecular weight is 404 g/mol. The zero-order chi connectivity index (χ0) is 21.0. The van der Waals surface area contributed by atoms with Crippen LogP contribution in [0.2, 0.25) is 0 Å². The molecule has 1 amide bonds. The summed E-state index contributed by atoms with van der Waals surface area (Å²) in [7, 11) is 0. The number of carbonyl (C=O) groups is 1. The molecule has 0 aromatic heterocycles. The molecule has 5 heteroatoms. The van der Waals surface area contributed by atoms with Gasteiger partial charge in [-0.1, -0.05) is 60.7 Å². The first-order chi connectivity index (χ1) is 14.6. The van der Waals surface area contributed by atoms with Crippen molar-refractivity contribution in [2.45, 2.75) is 37.2 Å². The van der Waals surface area contributed by atoms with E-state index in [1.54, 1.807) is 0 Å². The van der Waals surface area contributed by atoms with Crippen molar-refractivity contribution in [3.63, 3.8) is 0 Å². The van der Waals surface area contributed by atoms with Gasteiger partial charge in [0.1, 0.15) is 5.41 Å². The Balaban J connectivity index is 1.59. The number of nitrogens with one attached hydrogen (secondary N) is 1. The van der Waals surface area contributed by atoms with Crippen LogP contribution < -0.4 is 5.32 Å². The molecule has 2 fully saturated rings. The second-order valence-electron chi connectivity index (χ2n) is 8.60. The summed E-state index contributed by atoms with van der Waals surface area (Å²) in [5.41, 5.74) is 0.507. The highest BCUT2D eigenvalue weighted by Crippen LogP contribution is 2.39. The molecule has 2 atom stereocenters. The highest BCUT2D eigenvalue weighted by Gasteiger charge is 2.50. The molecule has 2 aliphatic rings. The molecule has 156 valence electrons. The van der Waals surface area contributed by atoms with Crippen molar-refractivity contribution in [3.8, 4) is 6.07 Å². The van der Waals surface area contributed by atoms with E-state index < -0.39 is 16.9 Å². The van der Waals surface area contributed by atoms with Crippen molar-refractivity contribution >= 4 is 5.91 Å². The number of piperidine rings is 2. The van der Waals surface area contributed by atoms with Gasteiger partial charge in [0, 0.05) is 26.2 Å². The molecule has 0 unspecified atom stereocenters. The summed E-state index contributed by atoms with van der Waals surface area (Å²) in [5.74, 6) is -0.0244. The Morgan fingerprint density at radius 3 is 2.33 bits per heavy atom. The summed E-state index contributed by atoms with van der Waals surface area (Å²) in [6, 6.07) is 22.5. The molecule has 5 nitrogen and oxygen atoms in total. The largest absolute Gasteiger partial charge is 0.392 e. The maximum Gasteiger partial charge on any atom is 0.230 e. The molecule has 2 saturated heterocycles. The van der Waals surface area contributed by atoms with Gasteiger partial charge in [-0.15, -0.1) is 0 Å². The molecule has 30 heavy (non-hydrogen) atoms. The number of aliphatic hydroxyl groups excluding tert-OH is 1. The van der Waals surface area contributed by atoms with Gasteiger partial charge < -0.3 is 15.3 Å². The average Bonchev–Trinajstić information content (AvgIpc) is 2.80. The van der Waals surface area contributed by atoms with Crippen LogP contribution in [0, 0.1) is 16.7 Å². The Bertz CT molecular complexity index is 869.